The van der Waals surface area contributed by atoms with Crippen molar-refractivity contribution in [2.75, 3.05) is 5.75 Å². The summed E-state index contributed by atoms with van der Waals surface area (Å²) in [5, 5.41) is 0. The lowest BCUT2D eigenvalue weighted by Gasteiger charge is -2.17. The number of hydrogen-bond acceptors (Lipinski definition) is 2. The molecule has 1 rings (SSSR count). The highest BCUT2D eigenvalue weighted by atomic mass is 32.2. The molecule has 0 saturated heterocycles. The summed E-state index contributed by atoms with van der Waals surface area (Å²) >= 11 is 0. The van der Waals surface area contributed by atoms with E-state index in [9.17, 15) is 8.42 Å². The van der Waals surface area contributed by atoms with Crippen molar-refractivity contribution in [3.8, 4) is 0 Å². The zero-order chi connectivity index (χ0) is 13.8. The average Bonchev–Trinajstić information content (AvgIpc) is 2.36. The van der Waals surface area contributed by atoms with Gasteiger partial charge in [0.25, 0.3) is 0 Å². The third-order valence-electron chi connectivity index (χ3n) is 3.12. The molecule has 0 aliphatic rings. The molecule has 0 radical (unpaired) electrons. The van der Waals surface area contributed by atoms with Crippen LogP contribution in [0.25, 0.3) is 0 Å². The number of benzene rings is 1. The van der Waals surface area contributed by atoms with Gasteiger partial charge in [0.1, 0.15) is 0 Å². The van der Waals surface area contributed by atoms with Crippen LogP contribution in [0.1, 0.15) is 57.2 Å². The van der Waals surface area contributed by atoms with Crippen molar-refractivity contribution in [2.24, 2.45) is 0 Å². The van der Waals surface area contributed by atoms with Gasteiger partial charge in [-0.3, -0.25) is 0 Å². The monoisotopic (exact) mass is 269 g/mol. The van der Waals surface area contributed by atoms with Gasteiger partial charge in [-0.1, -0.05) is 45.0 Å². The number of rotatable bonds is 6. The fourth-order valence-electron chi connectivity index (χ4n) is 1.80. The first-order chi connectivity index (χ1) is 8.39. The van der Waals surface area contributed by atoms with Crippen LogP contribution in [0.15, 0.2) is 24.3 Å². The zero-order valence-corrected chi connectivity index (χ0v) is 12.4. The summed E-state index contributed by atoms with van der Waals surface area (Å²) < 4.78 is 25.9. The van der Waals surface area contributed by atoms with Crippen LogP contribution in [0.2, 0.25) is 0 Å². The van der Waals surface area contributed by atoms with Crippen LogP contribution in [0.3, 0.4) is 0 Å². The molecule has 1 atom stereocenters. The molecule has 0 aliphatic carbocycles. The molecular weight excluding hydrogens is 246 g/mol. The van der Waals surface area contributed by atoms with Crippen molar-refractivity contribution >= 4 is 10.0 Å². The van der Waals surface area contributed by atoms with Crippen LogP contribution in [-0.2, 0) is 10.0 Å². The topological polar surface area (TPSA) is 46.2 Å². The second-order valence-corrected chi connectivity index (χ2v) is 6.85. The molecule has 1 aromatic rings. The van der Waals surface area contributed by atoms with Crippen LogP contribution >= 0.6 is 0 Å². The summed E-state index contributed by atoms with van der Waals surface area (Å²) in [7, 11) is -3.16. The standard InChI is InChI=1S/C14H23NO2S/c1-5-14(15-18(16,17)6-2)13-9-7-12(8-10-13)11(3)4/h7-11,14-15H,5-6H2,1-4H3. The van der Waals surface area contributed by atoms with Crippen LogP contribution in [-0.4, -0.2) is 14.2 Å². The molecule has 1 unspecified atom stereocenters. The summed E-state index contributed by atoms with van der Waals surface area (Å²) in [6.07, 6.45) is 0.750. The number of hydrogen-bond donors (Lipinski definition) is 1. The zero-order valence-electron chi connectivity index (χ0n) is 11.6. The molecule has 18 heavy (non-hydrogen) atoms. The molecule has 3 nitrogen and oxygen atoms in total. The SMILES string of the molecule is CCC(NS(=O)(=O)CC)c1ccc(C(C)C)cc1. The maximum atomic E-state index is 11.6. The first kappa shape index (κ1) is 15.2. The minimum atomic E-state index is -3.16. The fraction of sp³-hybridized carbons (Fsp3) is 0.571. The maximum absolute atomic E-state index is 11.6. The van der Waals surface area contributed by atoms with E-state index >= 15 is 0 Å². The number of nitrogens with one attached hydrogen (secondary N) is 1. The van der Waals surface area contributed by atoms with Crippen LogP contribution in [0, 0.1) is 0 Å². The third-order valence-corrected chi connectivity index (χ3v) is 4.52. The summed E-state index contributed by atoms with van der Waals surface area (Å²) in [4.78, 5) is 0. The maximum Gasteiger partial charge on any atom is 0.211 e. The van der Waals surface area contributed by atoms with Gasteiger partial charge in [-0.25, -0.2) is 13.1 Å². The Kier molecular flexibility index (Phi) is 5.35. The molecule has 0 aliphatic heterocycles. The van der Waals surface area contributed by atoms with Gasteiger partial charge in [0.2, 0.25) is 10.0 Å². The Morgan fingerprint density at radius 3 is 1.94 bits per heavy atom. The molecule has 0 heterocycles. The molecule has 0 spiro atoms. The van der Waals surface area contributed by atoms with Gasteiger partial charge in [-0.15, -0.1) is 0 Å². The Morgan fingerprint density at radius 2 is 1.56 bits per heavy atom. The Morgan fingerprint density at radius 1 is 1.06 bits per heavy atom. The summed E-state index contributed by atoms with van der Waals surface area (Å²) in [5.74, 6) is 0.611. The van der Waals surface area contributed by atoms with Gasteiger partial charge < -0.3 is 0 Å². The molecule has 0 fully saturated rings. The highest BCUT2D eigenvalue weighted by molar-refractivity contribution is 7.89. The van der Waals surface area contributed by atoms with Gasteiger partial charge in [0, 0.05) is 6.04 Å². The van der Waals surface area contributed by atoms with Crippen LogP contribution < -0.4 is 4.72 Å². The first-order valence-corrected chi connectivity index (χ1v) is 8.14. The van der Waals surface area contributed by atoms with E-state index in [1.165, 1.54) is 5.56 Å². The summed E-state index contributed by atoms with van der Waals surface area (Å²) in [5.41, 5.74) is 2.30. The minimum Gasteiger partial charge on any atom is -0.212 e. The number of sulfonamides is 1. The van der Waals surface area contributed by atoms with E-state index in [1.54, 1.807) is 6.92 Å². The molecule has 0 bridgehead atoms. The Bertz CT molecular complexity index is 463. The highest BCUT2D eigenvalue weighted by Crippen LogP contribution is 2.21. The second kappa shape index (κ2) is 6.34. The van der Waals surface area contributed by atoms with Gasteiger partial charge in [0.05, 0.1) is 5.75 Å². The largest absolute Gasteiger partial charge is 0.212 e. The Balaban J connectivity index is 2.89. The van der Waals surface area contributed by atoms with Crippen LogP contribution in [0.5, 0.6) is 0 Å². The molecule has 0 amide bonds. The molecular formula is C14H23NO2S. The van der Waals surface area contributed by atoms with E-state index < -0.39 is 10.0 Å². The van der Waals surface area contributed by atoms with Crippen molar-refractivity contribution in [1.82, 2.24) is 4.72 Å². The van der Waals surface area contributed by atoms with Crippen molar-refractivity contribution in [2.45, 2.75) is 46.1 Å². The first-order valence-electron chi connectivity index (χ1n) is 6.49. The average molecular weight is 269 g/mol. The Hall–Kier alpha value is -0.870. The molecule has 1 aromatic carbocycles. The van der Waals surface area contributed by atoms with Crippen LogP contribution in [0.4, 0.5) is 0 Å². The van der Waals surface area contributed by atoms with E-state index in [2.05, 4.69) is 30.7 Å². The van der Waals surface area contributed by atoms with Crippen molar-refractivity contribution in [3.05, 3.63) is 35.4 Å². The summed E-state index contributed by atoms with van der Waals surface area (Å²) in [6, 6.07) is 8.05. The van der Waals surface area contributed by atoms with E-state index in [0.717, 1.165) is 12.0 Å². The van der Waals surface area contributed by atoms with Gasteiger partial charge in [0.15, 0.2) is 0 Å². The lowest BCUT2D eigenvalue weighted by atomic mass is 9.98. The smallest absolute Gasteiger partial charge is 0.211 e. The van der Waals surface area contributed by atoms with Gasteiger partial charge >= 0.3 is 0 Å². The van der Waals surface area contributed by atoms with E-state index in [0.29, 0.717) is 5.92 Å². The van der Waals surface area contributed by atoms with Crippen molar-refractivity contribution < 1.29 is 8.42 Å². The predicted octanol–water partition coefficient (Wildman–Crippen LogP) is 3.20. The lowest BCUT2D eigenvalue weighted by Crippen LogP contribution is -2.29. The molecule has 0 aromatic heterocycles. The molecule has 102 valence electrons. The molecule has 0 saturated carbocycles. The predicted molar refractivity (Wildman–Crippen MR) is 76.2 cm³/mol. The minimum absolute atomic E-state index is 0.119. The lowest BCUT2D eigenvalue weighted by molar-refractivity contribution is 0.551. The quantitative estimate of drug-likeness (QED) is 0.862. The van der Waals surface area contributed by atoms with E-state index in [1.807, 2.05) is 19.1 Å². The summed E-state index contributed by atoms with van der Waals surface area (Å²) in [6.45, 7) is 7.92. The third kappa shape index (κ3) is 4.10. The van der Waals surface area contributed by atoms with E-state index in [-0.39, 0.29) is 11.8 Å². The second-order valence-electron chi connectivity index (χ2n) is 4.80. The van der Waals surface area contributed by atoms with Gasteiger partial charge in [-0.05, 0) is 30.4 Å². The molecule has 4 heteroatoms. The Labute approximate surface area is 111 Å². The van der Waals surface area contributed by atoms with Crippen molar-refractivity contribution in [1.29, 1.82) is 0 Å². The van der Waals surface area contributed by atoms with Gasteiger partial charge in [-0.2, -0.15) is 0 Å². The normalized spacial score (nSPS) is 13.8. The fourth-order valence-corrected chi connectivity index (χ4v) is 2.70. The van der Waals surface area contributed by atoms with Crippen molar-refractivity contribution in [3.63, 3.8) is 0 Å². The van der Waals surface area contributed by atoms with E-state index in [4.69, 9.17) is 0 Å². The molecule has 1 N–H and O–H groups in total. The highest BCUT2D eigenvalue weighted by Gasteiger charge is 2.16.